The smallest absolute Gasteiger partial charge is 0.222 e. The third-order valence-corrected chi connectivity index (χ3v) is 2.64. The van der Waals surface area contributed by atoms with Crippen LogP contribution in [0.15, 0.2) is 6.20 Å². The molecule has 1 aliphatic carbocycles. The maximum absolute atomic E-state index is 5.50. The summed E-state index contributed by atoms with van der Waals surface area (Å²) >= 11 is 0. The number of aromatic nitrogens is 4. The zero-order valence-electron chi connectivity index (χ0n) is 7.94. The monoisotopic (exact) mass is 189 g/mol. The van der Waals surface area contributed by atoms with Gasteiger partial charge in [-0.1, -0.05) is 0 Å². The maximum Gasteiger partial charge on any atom is 0.222 e. The minimum Gasteiger partial charge on any atom is -0.368 e. The van der Waals surface area contributed by atoms with E-state index in [2.05, 4.69) is 19.5 Å². The van der Waals surface area contributed by atoms with Crippen LogP contribution in [0.4, 0.5) is 5.95 Å². The van der Waals surface area contributed by atoms with Crippen LogP contribution in [0.2, 0.25) is 0 Å². The highest BCUT2D eigenvalue weighted by molar-refractivity contribution is 5.71. The van der Waals surface area contributed by atoms with Crippen LogP contribution < -0.4 is 5.73 Å². The van der Waals surface area contributed by atoms with Crippen LogP contribution in [-0.2, 0) is 7.05 Å². The lowest BCUT2D eigenvalue weighted by atomic mass is 10.4. The molecule has 2 aromatic heterocycles. The van der Waals surface area contributed by atoms with Gasteiger partial charge >= 0.3 is 0 Å². The van der Waals surface area contributed by atoms with Crippen LogP contribution in [0.3, 0.4) is 0 Å². The van der Waals surface area contributed by atoms with E-state index >= 15 is 0 Å². The van der Waals surface area contributed by atoms with Gasteiger partial charge in [0.25, 0.3) is 0 Å². The Morgan fingerprint density at radius 1 is 1.43 bits per heavy atom. The molecule has 2 heterocycles. The Labute approximate surface area is 81.0 Å². The Balaban J connectivity index is 2.28. The first kappa shape index (κ1) is 7.73. The van der Waals surface area contributed by atoms with Gasteiger partial charge in [-0.3, -0.25) is 0 Å². The van der Waals surface area contributed by atoms with Gasteiger partial charge in [-0.2, -0.15) is 4.98 Å². The van der Waals surface area contributed by atoms with E-state index in [1.807, 2.05) is 7.05 Å². The van der Waals surface area contributed by atoms with Crippen molar-refractivity contribution in [2.45, 2.75) is 18.8 Å². The van der Waals surface area contributed by atoms with E-state index < -0.39 is 0 Å². The summed E-state index contributed by atoms with van der Waals surface area (Å²) in [6.45, 7) is 0. The van der Waals surface area contributed by atoms with E-state index in [-0.39, 0.29) is 5.95 Å². The molecule has 72 valence electrons. The predicted octanol–water partition coefficient (Wildman–Crippen LogP) is 0.823. The van der Waals surface area contributed by atoms with Crippen molar-refractivity contribution >= 4 is 17.1 Å². The number of hydrogen-bond acceptors (Lipinski definition) is 4. The van der Waals surface area contributed by atoms with Crippen LogP contribution in [0, 0.1) is 0 Å². The number of nitrogens with two attached hydrogens (primary N) is 1. The molecule has 1 saturated carbocycles. The van der Waals surface area contributed by atoms with E-state index in [1.165, 1.54) is 12.8 Å². The number of anilines is 1. The molecule has 0 aromatic carbocycles. The van der Waals surface area contributed by atoms with Crippen molar-refractivity contribution in [1.82, 2.24) is 19.5 Å². The number of hydrogen-bond donors (Lipinski definition) is 1. The Morgan fingerprint density at radius 2 is 2.21 bits per heavy atom. The Bertz CT molecular complexity index is 497. The summed E-state index contributed by atoms with van der Waals surface area (Å²) in [5, 5.41) is 0. The number of nitrogen functional groups attached to an aromatic ring is 1. The van der Waals surface area contributed by atoms with E-state index in [9.17, 15) is 0 Å². The zero-order valence-corrected chi connectivity index (χ0v) is 7.94. The lowest BCUT2D eigenvalue weighted by Crippen LogP contribution is -1.96. The third-order valence-electron chi connectivity index (χ3n) is 2.64. The molecule has 2 N–H and O–H groups in total. The van der Waals surface area contributed by atoms with Crippen molar-refractivity contribution in [2.75, 3.05) is 5.73 Å². The molecule has 5 heteroatoms. The topological polar surface area (TPSA) is 69.6 Å². The minimum absolute atomic E-state index is 0.290. The van der Waals surface area contributed by atoms with Crippen LogP contribution >= 0.6 is 0 Å². The van der Waals surface area contributed by atoms with E-state index in [1.54, 1.807) is 6.20 Å². The molecule has 14 heavy (non-hydrogen) atoms. The van der Waals surface area contributed by atoms with E-state index in [0.717, 1.165) is 11.3 Å². The van der Waals surface area contributed by atoms with E-state index in [4.69, 9.17) is 5.73 Å². The fourth-order valence-corrected chi connectivity index (χ4v) is 1.71. The molecule has 3 rings (SSSR count). The zero-order chi connectivity index (χ0) is 9.71. The molecule has 0 bridgehead atoms. The normalized spacial score (nSPS) is 16.4. The van der Waals surface area contributed by atoms with Crippen LogP contribution in [0.1, 0.15) is 24.6 Å². The van der Waals surface area contributed by atoms with Crippen molar-refractivity contribution < 1.29 is 0 Å². The van der Waals surface area contributed by atoms with Gasteiger partial charge in [0, 0.05) is 13.0 Å². The number of aryl methyl sites for hydroxylation is 1. The molecule has 2 aromatic rings. The standard InChI is InChI=1S/C9H11N5/c1-14-6-4-11-9(10)13-7(6)12-8(14)5-2-3-5/h4-5H,2-3H2,1H3,(H2,10,11,13). The fourth-order valence-electron chi connectivity index (χ4n) is 1.71. The highest BCUT2D eigenvalue weighted by Gasteiger charge is 2.28. The van der Waals surface area contributed by atoms with Gasteiger partial charge in [0.2, 0.25) is 5.95 Å². The summed E-state index contributed by atoms with van der Waals surface area (Å²) in [5.41, 5.74) is 7.17. The molecule has 0 atom stereocenters. The Hall–Kier alpha value is -1.65. The summed E-state index contributed by atoms with van der Waals surface area (Å²) in [4.78, 5) is 12.5. The van der Waals surface area contributed by atoms with Gasteiger partial charge < -0.3 is 10.3 Å². The SMILES string of the molecule is Cn1c(C2CC2)nc2nc(N)ncc21. The molecule has 0 aliphatic heterocycles. The van der Waals surface area contributed by atoms with Crippen molar-refractivity contribution in [3.05, 3.63) is 12.0 Å². The molecule has 0 radical (unpaired) electrons. The molecule has 0 spiro atoms. The first-order valence-electron chi connectivity index (χ1n) is 4.70. The van der Waals surface area contributed by atoms with Crippen LogP contribution in [0.25, 0.3) is 11.2 Å². The van der Waals surface area contributed by atoms with Crippen LogP contribution in [-0.4, -0.2) is 19.5 Å². The fraction of sp³-hybridized carbons (Fsp3) is 0.444. The largest absolute Gasteiger partial charge is 0.368 e. The summed E-state index contributed by atoms with van der Waals surface area (Å²) < 4.78 is 2.06. The highest BCUT2D eigenvalue weighted by atomic mass is 15.1. The summed E-state index contributed by atoms with van der Waals surface area (Å²) in [5.74, 6) is 2.02. The number of imidazole rings is 1. The van der Waals surface area contributed by atoms with Gasteiger partial charge in [0.15, 0.2) is 5.65 Å². The van der Waals surface area contributed by atoms with Gasteiger partial charge in [0.1, 0.15) is 11.3 Å². The predicted molar refractivity (Wildman–Crippen MR) is 52.7 cm³/mol. The molecule has 0 amide bonds. The number of fused-ring (bicyclic) bond motifs is 1. The lowest BCUT2D eigenvalue weighted by Gasteiger charge is -1.97. The third kappa shape index (κ3) is 0.982. The first-order valence-corrected chi connectivity index (χ1v) is 4.70. The van der Waals surface area contributed by atoms with Crippen molar-refractivity contribution in [2.24, 2.45) is 7.05 Å². The Morgan fingerprint density at radius 3 is 2.93 bits per heavy atom. The van der Waals surface area contributed by atoms with Crippen LogP contribution in [0.5, 0.6) is 0 Å². The maximum atomic E-state index is 5.50. The highest BCUT2D eigenvalue weighted by Crippen LogP contribution is 2.39. The van der Waals surface area contributed by atoms with Gasteiger partial charge in [-0.15, -0.1) is 0 Å². The van der Waals surface area contributed by atoms with Crippen molar-refractivity contribution in [1.29, 1.82) is 0 Å². The molecular weight excluding hydrogens is 178 g/mol. The summed E-state index contributed by atoms with van der Waals surface area (Å²) in [7, 11) is 2.00. The summed E-state index contributed by atoms with van der Waals surface area (Å²) in [6.07, 6.45) is 4.21. The first-order chi connectivity index (χ1) is 6.75. The molecular formula is C9H11N5. The lowest BCUT2D eigenvalue weighted by molar-refractivity contribution is 0.819. The van der Waals surface area contributed by atoms with Gasteiger partial charge in [0.05, 0.1) is 6.20 Å². The number of rotatable bonds is 1. The minimum atomic E-state index is 0.290. The second-order valence-electron chi connectivity index (χ2n) is 3.74. The molecule has 1 aliphatic rings. The second kappa shape index (κ2) is 2.43. The molecule has 0 saturated heterocycles. The van der Waals surface area contributed by atoms with Crippen molar-refractivity contribution in [3.63, 3.8) is 0 Å². The molecule has 1 fully saturated rings. The summed E-state index contributed by atoms with van der Waals surface area (Å²) in [6, 6.07) is 0. The quantitative estimate of drug-likeness (QED) is 0.721. The average Bonchev–Trinajstić information content (AvgIpc) is 2.93. The Kier molecular flexibility index (Phi) is 1.34. The van der Waals surface area contributed by atoms with Crippen molar-refractivity contribution in [3.8, 4) is 0 Å². The van der Waals surface area contributed by atoms with E-state index in [0.29, 0.717) is 11.6 Å². The number of nitrogens with zero attached hydrogens (tertiary/aromatic N) is 4. The van der Waals surface area contributed by atoms with Gasteiger partial charge in [-0.05, 0) is 12.8 Å². The van der Waals surface area contributed by atoms with Gasteiger partial charge in [-0.25, -0.2) is 9.97 Å². The molecule has 5 nitrogen and oxygen atoms in total. The molecule has 0 unspecified atom stereocenters. The average molecular weight is 189 g/mol. The second-order valence-corrected chi connectivity index (χ2v) is 3.74.